The summed E-state index contributed by atoms with van der Waals surface area (Å²) in [7, 11) is -0.849. The van der Waals surface area contributed by atoms with Crippen LogP contribution in [0.25, 0.3) is 0 Å². The molecular weight excluding hydrogens is 424 g/mol. The minimum Gasteiger partial charge on any atom is -0.497 e. The number of hydrogen-bond acceptors (Lipinski definition) is 4. The molecule has 0 saturated carbocycles. The number of methoxy groups -OCH3 is 1. The largest absolute Gasteiger partial charge is 0.497 e. The lowest BCUT2D eigenvalue weighted by atomic mass is 10.1. The number of amides is 1. The van der Waals surface area contributed by atoms with Crippen LogP contribution in [0.1, 0.15) is 15.9 Å². The zero-order valence-corrected chi connectivity index (χ0v) is 18.3. The third-order valence-corrected chi connectivity index (χ3v) is 6.67. The molecule has 3 rings (SSSR count). The Balaban J connectivity index is 1.86. The molecule has 0 aliphatic carbocycles. The normalized spacial score (nSPS) is 11.1. The van der Waals surface area contributed by atoms with Crippen molar-refractivity contribution in [3.8, 4) is 5.75 Å². The molecule has 0 atom stereocenters. The first-order valence-electron chi connectivity index (χ1n) is 9.03. The van der Waals surface area contributed by atoms with Gasteiger partial charge in [-0.15, -0.1) is 0 Å². The van der Waals surface area contributed by atoms with E-state index in [0.717, 1.165) is 9.87 Å². The molecule has 6 nitrogen and oxygen atoms in total. The molecule has 0 heterocycles. The summed E-state index contributed by atoms with van der Waals surface area (Å²) in [6.07, 6.45) is 0. The van der Waals surface area contributed by atoms with Crippen LogP contribution in [0.2, 0.25) is 5.02 Å². The molecule has 156 valence electrons. The van der Waals surface area contributed by atoms with E-state index in [9.17, 15) is 13.2 Å². The summed E-state index contributed by atoms with van der Waals surface area (Å²) in [6, 6.07) is 17.7. The lowest BCUT2D eigenvalue weighted by molar-refractivity contribution is 0.102. The monoisotopic (exact) mass is 444 g/mol. The Labute approximate surface area is 181 Å². The van der Waals surface area contributed by atoms with Gasteiger partial charge >= 0.3 is 0 Å². The minimum atomic E-state index is -3.80. The van der Waals surface area contributed by atoms with Gasteiger partial charge in [0.1, 0.15) is 5.75 Å². The molecule has 0 spiro atoms. The van der Waals surface area contributed by atoms with Crippen molar-refractivity contribution in [3.05, 3.63) is 82.9 Å². The Morgan fingerprint density at radius 2 is 1.73 bits per heavy atom. The Morgan fingerprint density at radius 3 is 2.40 bits per heavy atom. The van der Waals surface area contributed by atoms with Crippen LogP contribution in [-0.2, 0) is 10.0 Å². The maximum Gasteiger partial charge on any atom is 0.264 e. The van der Waals surface area contributed by atoms with E-state index >= 15 is 0 Å². The maximum absolute atomic E-state index is 13.0. The van der Waals surface area contributed by atoms with Gasteiger partial charge in [0.25, 0.3) is 15.9 Å². The SMILES string of the molecule is COc1ccc(S(=O)(=O)N(C)c2cccc(C(=O)Nc3cc(Cl)ccc3C)c2)cc1. The number of aryl methyl sites for hydroxylation is 1. The average molecular weight is 445 g/mol. The van der Waals surface area contributed by atoms with Crippen LogP contribution in [0.4, 0.5) is 11.4 Å². The van der Waals surface area contributed by atoms with E-state index in [0.29, 0.717) is 27.7 Å². The number of nitrogens with zero attached hydrogens (tertiary/aromatic N) is 1. The predicted molar refractivity (Wildman–Crippen MR) is 119 cm³/mol. The number of sulfonamides is 1. The molecule has 0 aliphatic rings. The van der Waals surface area contributed by atoms with Crippen LogP contribution in [0.3, 0.4) is 0 Å². The number of halogens is 1. The van der Waals surface area contributed by atoms with Gasteiger partial charge < -0.3 is 10.1 Å². The number of ether oxygens (including phenoxy) is 1. The summed E-state index contributed by atoms with van der Waals surface area (Å²) >= 11 is 6.01. The predicted octanol–water partition coefficient (Wildman–Crippen LogP) is 4.73. The van der Waals surface area contributed by atoms with E-state index in [4.69, 9.17) is 16.3 Å². The number of carbonyl (C=O) groups is 1. The molecule has 0 aromatic heterocycles. The van der Waals surface area contributed by atoms with Gasteiger partial charge in [0.2, 0.25) is 0 Å². The van der Waals surface area contributed by atoms with Crippen LogP contribution < -0.4 is 14.4 Å². The number of nitrogens with one attached hydrogen (secondary N) is 1. The Hall–Kier alpha value is -3.03. The topological polar surface area (TPSA) is 75.7 Å². The number of benzene rings is 3. The quantitative estimate of drug-likeness (QED) is 0.596. The Morgan fingerprint density at radius 1 is 1.03 bits per heavy atom. The van der Waals surface area contributed by atoms with Crippen molar-refractivity contribution >= 4 is 38.9 Å². The second-order valence-electron chi connectivity index (χ2n) is 6.61. The molecule has 3 aromatic carbocycles. The van der Waals surface area contributed by atoms with Crippen molar-refractivity contribution in [1.82, 2.24) is 0 Å². The highest BCUT2D eigenvalue weighted by Crippen LogP contribution is 2.25. The van der Waals surface area contributed by atoms with Crippen LogP contribution in [0, 0.1) is 6.92 Å². The molecule has 30 heavy (non-hydrogen) atoms. The molecule has 1 N–H and O–H groups in total. The zero-order chi connectivity index (χ0) is 21.9. The van der Waals surface area contributed by atoms with Crippen molar-refractivity contribution in [2.24, 2.45) is 0 Å². The van der Waals surface area contributed by atoms with E-state index in [2.05, 4.69) is 5.32 Å². The Kier molecular flexibility index (Phi) is 6.34. The van der Waals surface area contributed by atoms with Gasteiger partial charge in [-0.3, -0.25) is 9.10 Å². The highest BCUT2D eigenvalue weighted by Gasteiger charge is 2.22. The van der Waals surface area contributed by atoms with Gasteiger partial charge in [0.15, 0.2) is 0 Å². The van der Waals surface area contributed by atoms with Crippen LogP contribution in [0.15, 0.2) is 71.6 Å². The fraction of sp³-hybridized carbons (Fsp3) is 0.136. The molecule has 8 heteroatoms. The van der Waals surface area contributed by atoms with Crippen molar-refractivity contribution < 1.29 is 17.9 Å². The standard InChI is InChI=1S/C22H21ClN2O4S/c1-15-7-8-17(23)14-21(15)24-22(26)16-5-4-6-18(13-16)25(2)30(27,28)20-11-9-19(29-3)10-12-20/h4-14H,1-3H3,(H,24,26). The molecule has 3 aromatic rings. The fourth-order valence-corrected chi connectivity index (χ4v) is 4.17. The number of hydrogen-bond donors (Lipinski definition) is 1. The summed E-state index contributed by atoms with van der Waals surface area (Å²) in [6.45, 7) is 1.86. The van der Waals surface area contributed by atoms with Gasteiger partial charge in [-0.2, -0.15) is 0 Å². The summed E-state index contributed by atoms with van der Waals surface area (Å²) in [5.74, 6) is 0.198. The minimum absolute atomic E-state index is 0.121. The third kappa shape index (κ3) is 4.58. The first kappa shape index (κ1) is 21.7. The highest BCUT2D eigenvalue weighted by atomic mass is 35.5. The van der Waals surface area contributed by atoms with E-state index in [-0.39, 0.29) is 10.8 Å². The first-order chi connectivity index (χ1) is 14.2. The number of carbonyl (C=O) groups excluding carboxylic acids is 1. The lowest BCUT2D eigenvalue weighted by Crippen LogP contribution is -2.26. The van der Waals surface area contributed by atoms with Crippen LogP contribution in [-0.4, -0.2) is 28.5 Å². The van der Waals surface area contributed by atoms with Crippen molar-refractivity contribution in [3.63, 3.8) is 0 Å². The van der Waals surface area contributed by atoms with Gasteiger partial charge in [-0.1, -0.05) is 23.7 Å². The summed E-state index contributed by atoms with van der Waals surface area (Å²) in [4.78, 5) is 12.8. The summed E-state index contributed by atoms with van der Waals surface area (Å²) in [5, 5.41) is 3.32. The van der Waals surface area contributed by atoms with Crippen LogP contribution >= 0.6 is 11.6 Å². The van der Waals surface area contributed by atoms with Gasteiger partial charge in [-0.25, -0.2) is 8.42 Å². The lowest BCUT2D eigenvalue weighted by Gasteiger charge is -2.20. The maximum atomic E-state index is 13.0. The third-order valence-electron chi connectivity index (χ3n) is 4.64. The molecule has 1 amide bonds. The second kappa shape index (κ2) is 8.77. The number of rotatable bonds is 6. The Bertz CT molecular complexity index is 1180. The van der Waals surface area contributed by atoms with E-state index < -0.39 is 10.0 Å². The molecule has 0 aliphatic heterocycles. The molecule has 0 radical (unpaired) electrons. The van der Waals surface area contributed by atoms with Gasteiger partial charge in [-0.05, 0) is 67.1 Å². The van der Waals surface area contributed by atoms with Crippen molar-refractivity contribution in [2.75, 3.05) is 23.8 Å². The van der Waals surface area contributed by atoms with Crippen LogP contribution in [0.5, 0.6) is 5.75 Å². The van der Waals surface area contributed by atoms with Gasteiger partial charge in [0.05, 0.1) is 17.7 Å². The molecular formula is C22H21ClN2O4S. The number of anilines is 2. The second-order valence-corrected chi connectivity index (χ2v) is 9.02. The van der Waals surface area contributed by atoms with E-state index in [1.807, 2.05) is 13.0 Å². The van der Waals surface area contributed by atoms with E-state index in [1.54, 1.807) is 42.5 Å². The smallest absolute Gasteiger partial charge is 0.264 e. The zero-order valence-electron chi connectivity index (χ0n) is 16.7. The van der Waals surface area contributed by atoms with Crippen molar-refractivity contribution in [2.45, 2.75) is 11.8 Å². The van der Waals surface area contributed by atoms with E-state index in [1.165, 1.54) is 32.4 Å². The summed E-state index contributed by atoms with van der Waals surface area (Å²) < 4.78 is 32.1. The highest BCUT2D eigenvalue weighted by molar-refractivity contribution is 7.92. The van der Waals surface area contributed by atoms with Gasteiger partial charge in [0, 0.05) is 23.3 Å². The van der Waals surface area contributed by atoms with Crippen molar-refractivity contribution in [1.29, 1.82) is 0 Å². The molecule has 0 unspecified atom stereocenters. The summed E-state index contributed by atoms with van der Waals surface area (Å²) in [5.41, 5.74) is 2.14. The molecule has 0 fully saturated rings. The molecule has 0 bridgehead atoms. The molecule has 0 saturated heterocycles. The first-order valence-corrected chi connectivity index (χ1v) is 10.8. The fourth-order valence-electron chi connectivity index (χ4n) is 2.81. The average Bonchev–Trinajstić information content (AvgIpc) is 2.75.